The molecule has 2 saturated carbocycles. The SMILES string of the molecule is C[C@H]1NC(=O)[C@]2(NC3CCCC3)CC[C@@H](c3ccc(Cl)cc3Cl)[C@H](c3ccc(Cl)cc3)[C@H]12. The van der Waals surface area contributed by atoms with Crippen LogP contribution >= 0.6 is 34.8 Å². The van der Waals surface area contributed by atoms with E-state index in [-0.39, 0.29) is 29.7 Å². The van der Waals surface area contributed by atoms with Gasteiger partial charge in [0, 0.05) is 33.1 Å². The molecule has 6 heteroatoms. The zero-order chi connectivity index (χ0) is 22.5. The van der Waals surface area contributed by atoms with Crippen LogP contribution in [0.4, 0.5) is 0 Å². The number of fused-ring (bicyclic) bond motifs is 1. The first-order valence-electron chi connectivity index (χ1n) is 11.7. The Labute approximate surface area is 205 Å². The summed E-state index contributed by atoms with van der Waals surface area (Å²) in [6.45, 7) is 2.15. The number of hydrogen-bond donors (Lipinski definition) is 2. The van der Waals surface area contributed by atoms with Crippen molar-refractivity contribution in [1.29, 1.82) is 0 Å². The van der Waals surface area contributed by atoms with Gasteiger partial charge in [0.1, 0.15) is 5.54 Å². The van der Waals surface area contributed by atoms with Gasteiger partial charge in [-0.3, -0.25) is 4.79 Å². The first-order chi connectivity index (χ1) is 15.4. The average molecular weight is 492 g/mol. The van der Waals surface area contributed by atoms with Crippen molar-refractivity contribution in [3.63, 3.8) is 0 Å². The number of amides is 1. The number of rotatable bonds is 4. The molecule has 170 valence electrons. The molecule has 1 heterocycles. The summed E-state index contributed by atoms with van der Waals surface area (Å²) in [5.41, 5.74) is 1.77. The number of benzene rings is 2. The zero-order valence-electron chi connectivity index (χ0n) is 18.2. The summed E-state index contributed by atoms with van der Waals surface area (Å²) >= 11 is 19.2. The van der Waals surface area contributed by atoms with E-state index in [1.807, 2.05) is 24.3 Å². The topological polar surface area (TPSA) is 41.1 Å². The van der Waals surface area contributed by atoms with Gasteiger partial charge >= 0.3 is 0 Å². The molecule has 2 aromatic rings. The largest absolute Gasteiger partial charge is 0.352 e. The highest BCUT2D eigenvalue weighted by Crippen LogP contribution is 2.56. The number of carbonyl (C=O) groups excluding carboxylic acids is 1. The van der Waals surface area contributed by atoms with Gasteiger partial charge in [-0.05, 0) is 79.8 Å². The summed E-state index contributed by atoms with van der Waals surface area (Å²) < 4.78 is 0. The van der Waals surface area contributed by atoms with Crippen molar-refractivity contribution in [1.82, 2.24) is 10.6 Å². The predicted octanol–water partition coefficient (Wildman–Crippen LogP) is 6.71. The van der Waals surface area contributed by atoms with E-state index in [2.05, 4.69) is 35.8 Å². The van der Waals surface area contributed by atoms with Crippen LogP contribution in [0.1, 0.15) is 68.4 Å². The van der Waals surface area contributed by atoms with E-state index < -0.39 is 5.54 Å². The van der Waals surface area contributed by atoms with Crippen molar-refractivity contribution in [2.75, 3.05) is 0 Å². The van der Waals surface area contributed by atoms with Crippen LogP contribution in [-0.2, 0) is 4.79 Å². The highest BCUT2D eigenvalue weighted by atomic mass is 35.5. The van der Waals surface area contributed by atoms with Gasteiger partial charge in [0.2, 0.25) is 5.91 Å². The van der Waals surface area contributed by atoms with E-state index in [1.54, 1.807) is 0 Å². The van der Waals surface area contributed by atoms with Crippen molar-refractivity contribution < 1.29 is 4.79 Å². The maximum Gasteiger partial charge on any atom is 0.240 e. The molecular formula is C26H29Cl3N2O. The van der Waals surface area contributed by atoms with Crippen molar-refractivity contribution in [2.24, 2.45) is 5.92 Å². The Morgan fingerprint density at radius 1 is 0.969 bits per heavy atom. The molecule has 1 amide bonds. The molecule has 3 fully saturated rings. The van der Waals surface area contributed by atoms with E-state index in [0.717, 1.165) is 36.3 Å². The lowest BCUT2D eigenvalue weighted by Crippen LogP contribution is -2.61. The molecule has 1 aliphatic heterocycles. The van der Waals surface area contributed by atoms with Crippen molar-refractivity contribution >= 4 is 40.7 Å². The van der Waals surface area contributed by atoms with Crippen LogP contribution in [0.5, 0.6) is 0 Å². The van der Waals surface area contributed by atoms with Crippen LogP contribution in [-0.4, -0.2) is 23.5 Å². The Morgan fingerprint density at radius 2 is 1.66 bits per heavy atom. The molecule has 0 unspecified atom stereocenters. The van der Waals surface area contributed by atoms with E-state index in [4.69, 9.17) is 34.8 Å². The third kappa shape index (κ3) is 3.86. The molecular weight excluding hydrogens is 463 g/mol. The third-order valence-corrected chi connectivity index (χ3v) is 8.79. The number of carbonyl (C=O) groups is 1. The quantitative estimate of drug-likeness (QED) is 0.499. The van der Waals surface area contributed by atoms with E-state index in [1.165, 1.54) is 18.4 Å². The van der Waals surface area contributed by atoms with Gasteiger partial charge in [-0.15, -0.1) is 0 Å². The van der Waals surface area contributed by atoms with Crippen molar-refractivity contribution in [2.45, 2.75) is 74.9 Å². The molecule has 0 aromatic heterocycles. The molecule has 0 spiro atoms. The predicted molar refractivity (Wildman–Crippen MR) is 132 cm³/mol. The van der Waals surface area contributed by atoms with Crippen LogP contribution in [0.3, 0.4) is 0 Å². The highest BCUT2D eigenvalue weighted by Gasteiger charge is 2.61. The summed E-state index contributed by atoms with van der Waals surface area (Å²) in [6.07, 6.45) is 6.45. The Bertz CT molecular complexity index is 1000. The van der Waals surface area contributed by atoms with Crippen LogP contribution in [0.2, 0.25) is 15.1 Å². The number of nitrogens with one attached hydrogen (secondary N) is 2. The molecule has 32 heavy (non-hydrogen) atoms. The third-order valence-electron chi connectivity index (χ3n) is 7.98. The molecule has 3 nitrogen and oxygen atoms in total. The molecule has 0 radical (unpaired) electrons. The van der Waals surface area contributed by atoms with Gasteiger partial charge < -0.3 is 10.6 Å². The van der Waals surface area contributed by atoms with E-state index in [0.29, 0.717) is 16.1 Å². The Hall–Kier alpha value is -1.26. The van der Waals surface area contributed by atoms with Crippen LogP contribution < -0.4 is 10.6 Å². The second kappa shape index (κ2) is 8.83. The van der Waals surface area contributed by atoms with Gasteiger partial charge in [-0.1, -0.05) is 65.8 Å². The standard InChI is InChI=1S/C26H29Cl3N2O/c1-15-24-23(16-6-8-17(27)9-7-16)21(20-11-10-18(28)14-22(20)29)12-13-26(24,25(32)30-15)31-19-4-2-3-5-19/h6-11,14-15,19,21,23-24,31H,2-5,12-13H2,1H3,(H,30,32)/t15-,21+,23+,24+,26+/m1/s1. The molecule has 5 rings (SSSR count). The lowest BCUT2D eigenvalue weighted by Gasteiger charge is -2.49. The molecule has 2 N–H and O–H groups in total. The molecule has 3 aliphatic rings. The number of halogens is 3. The maximum atomic E-state index is 13.5. The average Bonchev–Trinajstić information content (AvgIpc) is 3.35. The van der Waals surface area contributed by atoms with Crippen molar-refractivity contribution in [3.8, 4) is 0 Å². The van der Waals surface area contributed by atoms with Gasteiger partial charge in [0.25, 0.3) is 0 Å². The normalized spacial score (nSPS) is 32.7. The summed E-state index contributed by atoms with van der Waals surface area (Å²) in [7, 11) is 0. The Morgan fingerprint density at radius 3 is 2.34 bits per heavy atom. The zero-order valence-corrected chi connectivity index (χ0v) is 20.5. The minimum Gasteiger partial charge on any atom is -0.352 e. The molecule has 2 aliphatic carbocycles. The smallest absolute Gasteiger partial charge is 0.240 e. The lowest BCUT2D eigenvalue weighted by atomic mass is 9.58. The molecule has 2 aromatic carbocycles. The van der Waals surface area contributed by atoms with Gasteiger partial charge in [0.05, 0.1) is 0 Å². The van der Waals surface area contributed by atoms with E-state index >= 15 is 0 Å². The van der Waals surface area contributed by atoms with Gasteiger partial charge in [-0.2, -0.15) is 0 Å². The molecule has 1 saturated heterocycles. The first kappa shape index (κ1) is 22.5. The minimum absolute atomic E-state index is 0.0611. The second-order valence-corrected chi connectivity index (χ2v) is 11.1. The van der Waals surface area contributed by atoms with Crippen LogP contribution in [0, 0.1) is 5.92 Å². The fourth-order valence-electron chi connectivity index (χ4n) is 6.66. The molecule has 5 atom stereocenters. The fourth-order valence-corrected chi connectivity index (χ4v) is 7.33. The van der Waals surface area contributed by atoms with Crippen LogP contribution in [0.15, 0.2) is 42.5 Å². The number of hydrogen-bond acceptors (Lipinski definition) is 2. The second-order valence-electron chi connectivity index (χ2n) is 9.77. The summed E-state index contributed by atoms with van der Waals surface area (Å²) in [6, 6.07) is 14.4. The minimum atomic E-state index is -0.547. The Kier molecular flexibility index (Phi) is 6.22. The summed E-state index contributed by atoms with van der Waals surface area (Å²) in [5, 5.41) is 9.24. The highest BCUT2D eigenvalue weighted by molar-refractivity contribution is 6.35. The lowest BCUT2D eigenvalue weighted by molar-refractivity contribution is -0.127. The first-order valence-corrected chi connectivity index (χ1v) is 12.8. The fraction of sp³-hybridized carbons (Fsp3) is 0.500. The van der Waals surface area contributed by atoms with E-state index in [9.17, 15) is 4.79 Å². The Balaban J connectivity index is 1.62. The monoisotopic (exact) mass is 490 g/mol. The van der Waals surface area contributed by atoms with Gasteiger partial charge in [0.15, 0.2) is 0 Å². The van der Waals surface area contributed by atoms with Gasteiger partial charge in [-0.25, -0.2) is 0 Å². The maximum absolute atomic E-state index is 13.5. The van der Waals surface area contributed by atoms with Crippen LogP contribution in [0.25, 0.3) is 0 Å². The van der Waals surface area contributed by atoms with Crippen molar-refractivity contribution in [3.05, 3.63) is 68.7 Å². The summed E-state index contributed by atoms with van der Waals surface area (Å²) in [5.74, 6) is 0.589. The molecule has 0 bridgehead atoms. The summed E-state index contributed by atoms with van der Waals surface area (Å²) in [4.78, 5) is 13.5.